The minimum Gasteiger partial charge on any atom is -0.395 e. The molecule has 9 heteroatoms. The molecule has 1 aromatic heterocycles. The summed E-state index contributed by atoms with van der Waals surface area (Å²) < 4.78 is 39.9. The fourth-order valence-corrected chi connectivity index (χ4v) is 1.56. The second-order valence-electron chi connectivity index (χ2n) is 2.70. The molecule has 1 rings (SSSR count). The maximum atomic E-state index is 12.1. The first-order valence-corrected chi connectivity index (χ1v) is 4.71. The van der Waals surface area contributed by atoms with Crippen LogP contribution >= 0.6 is 11.5 Å². The van der Waals surface area contributed by atoms with E-state index in [0.717, 1.165) is 16.4 Å². The third-order valence-electron chi connectivity index (χ3n) is 1.44. The fraction of sp³-hybridized carbons (Fsp3) is 0.667. The van der Waals surface area contributed by atoms with Gasteiger partial charge in [0.05, 0.1) is 6.61 Å². The van der Waals surface area contributed by atoms with Gasteiger partial charge in [0.25, 0.3) is 0 Å². The molecule has 15 heavy (non-hydrogen) atoms. The maximum absolute atomic E-state index is 12.1. The molecule has 0 radical (unpaired) electrons. The summed E-state index contributed by atoms with van der Waals surface area (Å²) in [6.45, 7) is -1.73. The van der Waals surface area contributed by atoms with Gasteiger partial charge in [-0.25, -0.2) is 0 Å². The number of aliphatic hydroxyl groups is 1. The highest BCUT2D eigenvalue weighted by Crippen LogP contribution is 2.23. The van der Waals surface area contributed by atoms with Crippen LogP contribution < -0.4 is 10.6 Å². The number of aliphatic hydroxyl groups excluding tert-OH is 1. The van der Waals surface area contributed by atoms with E-state index in [9.17, 15) is 13.2 Å². The van der Waals surface area contributed by atoms with Crippen LogP contribution in [0.3, 0.4) is 0 Å². The molecule has 0 aliphatic heterocycles. The van der Waals surface area contributed by atoms with E-state index in [1.165, 1.54) is 0 Å². The Kier molecular flexibility index (Phi) is 3.69. The monoisotopic (exact) mass is 242 g/mol. The van der Waals surface area contributed by atoms with Crippen LogP contribution in [0.5, 0.6) is 0 Å². The molecule has 0 amide bonds. The van der Waals surface area contributed by atoms with E-state index < -0.39 is 19.3 Å². The lowest BCUT2D eigenvalue weighted by atomic mass is 10.5. The second kappa shape index (κ2) is 4.62. The van der Waals surface area contributed by atoms with Gasteiger partial charge < -0.3 is 15.7 Å². The molecule has 1 aromatic rings. The van der Waals surface area contributed by atoms with Gasteiger partial charge in [0.1, 0.15) is 6.54 Å². The molecule has 0 unspecified atom stereocenters. The van der Waals surface area contributed by atoms with Gasteiger partial charge in [-0.15, -0.1) is 0 Å². The van der Waals surface area contributed by atoms with Crippen LogP contribution in [0.25, 0.3) is 0 Å². The summed E-state index contributed by atoms with van der Waals surface area (Å²) in [6, 6.07) is 0. The van der Waals surface area contributed by atoms with Gasteiger partial charge in [-0.3, -0.25) is 0 Å². The molecule has 0 atom stereocenters. The summed E-state index contributed by atoms with van der Waals surface area (Å²) in [5, 5.41) is 8.67. The highest BCUT2D eigenvalue weighted by Gasteiger charge is 2.31. The first-order valence-electron chi connectivity index (χ1n) is 3.94. The Morgan fingerprint density at radius 2 is 2.13 bits per heavy atom. The van der Waals surface area contributed by atoms with Crippen molar-refractivity contribution in [1.29, 1.82) is 0 Å². The van der Waals surface area contributed by atoms with E-state index in [4.69, 9.17) is 10.8 Å². The van der Waals surface area contributed by atoms with Crippen molar-refractivity contribution >= 4 is 22.6 Å². The van der Waals surface area contributed by atoms with Gasteiger partial charge in [0, 0.05) is 18.1 Å². The van der Waals surface area contributed by atoms with Crippen LogP contribution in [-0.2, 0) is 0 Å². The molecule has 86 valence electrons. The van der Waals surface area contributed by atoms with Crippen LogP contribution in [0.2, 0.25) is 0 Å². The number of nitrogens with zero attached hydrogens (tertiary/aromatic N) is 3. The number of halogens is 3. The number of nitrogen functional groups attached to an aromatic ring is 1. The Hall–Kier alpha value is -1.09. The van der Waals surface area contributed by atoms with E-state index in [-0.39, 0.29) is 17.6 Å². The molecule has 0 aliphatic rings. The lowest BCUT2D eigenvalue weighted by Crippen LogP contribution is -2.36. The molecule has 0 saturated heterocycles. The third kappa shape index (κ3) is 3.88. The van der Waals surface area contributed by atoms with Crippen molar-refractivity contribution in [2.75, 3.05) is 30.3 Å². The lowest BCUT2D eigenvalue weighted by Gasteiger charge is -2.21. The van der Waals surface area contributed by atoms with Gasteiger partial charge in [-0.2, -0.15) is 22.5 Å². The zero-order chi connectivity index (χ0) is 11.5. The second-order valence-corrected chi connectivity index (χ2v) is 3.43. The first kappa shape index (κ1) is 12.0. The maximum Gasteiger partial charge on any atom is 0.406 e. The van der Waals surface area contributed by atoms with Crippen LogP contribution in [0.4, 0.5) is 24.3 Å². The number of anilines is 2. The van der Waals surface area contributed by atoms with Gasteiger partial charge in [0.2, 0.25) is 11.1 Å². The molecule has 0 spiro atoms. The van der Waals surface area contributed by atoms with Gasteiger partial charge in [-0.1, -0.05) is 0 Å². The minimum absolute atomic E-state index is 0.0545. The largest absolute Gasteiger partial charge is 0.406 e. The fourth-order valence-electron chi connectivity index (χ4n) is 0.934. The Bertz CT molecular complexity index is 316. The Balaban J connectivity index is 2.74. The minimum atomic E-state index is -4.35. The van der Waals surface area contributed by atoms with Crippen molar-refractivity contribution < 1.29 is 18.3 Å². The summed E-state index contributed by atoms with van der Waals surface area (Å²) in [7, 11) is 0. The standard InChI is InChI=1S/C6H9F3N4OS/c7-6(8,9)3-13(1-2-14)5-11-4(10)12-15-5/h14H,1-3H2,(H2,10,12). The summed E-state index contributed by atoms with van der Waals surface area (Å²) >= 11 is 0.767. The van der Waals surface area contributed by atoms with E-state index in [1.54, 1.807) is 0 Å². The predicted octanol–water partition coefficient (Wildman–Crippen LogP) is 0.481. The molecular weight excluding hydrogens is 233 g/mol. The number of hydrogen-bond acceptors (Lipinski definition) is 6. The van der Waals surface area contributed by atoms with Crippen molar-refractivity contribution in [2.45, 2.75) is 6.18 Å². The quantitative estimate of drug-likeness (QED) is 0.803. The SMILES string of the molecule is Nc1nsc(N(CCO)CC(F)(F)F)n1. The number of rotatable bonds is 4. The Labute approximate surface area is 87.5 Å². The van der Waals surface area contributed by atoms with Crippen LogP contribution in [0.15, 0.2) is 0 Å². The van der Waals surface area contributed by atoms with Crippen molar-refractivity contribution in [3.05, 3.63) is 0 Å². The number of alkyl halides is 3. The number of hydrogen-bond donors (Lipinski definition) is 2. The van der Waals surface area contributed by atoms with Crippen molar-refractivity contribution in [3.63, 3.8) is 0 Å². The zero-order valence-corrected chi connectivity index (χ0v) is 8.35. The zero-order valence-electron chi connectivity index (χ0n) is 7.53. The molecule has 0 bridgehead atoms. The van der Waals surface area contributed by atoms with E-state index in [2.05, 4.69) is 9.36 Å². The molecule has 1 heterocycles. The lowest BCUT2D eigenvalue weighted by molar-refractivity contribution is -0.119. The van der Waals surface area contributed by atoms with Crippen LogP contribution in [-0.4, -0.2) is 40.3 Å². The average molecular weight is 242 g/mol. The molecule has 0 fully saturated rings. The highest BCUT2D eigenvalue weighted by atomic mass is 32.1. The average Bonchev–Trinajstić information content (AvgIpc) is 2.48. The molecular formula is C6H9F3N4OS. The number of aromatic nitrogens is 2. The molecule has 5 nitrogen and oxygen atoms in total. The molecule has 0 aliphatic carbocycles. The van der Waals surface area contributed by atoms with Crippen molar-refractivity contribution in [1.82, 2.24) is 9.36 Å². The highest BCUT2D eigenvalue weighted by molar-refractivity contribution is 7.09. The van der Waals surface area contributed by atoms with E-state index in [0.29, 0.717) is 0 Å². The van der Waals surface area contributed by atoms with Crippen LogP contribution in [0.1, 0.15) is 0 Å². The Morgan fingerprint density at radius 3 is 2.53 bits per heavy atom. The van der Waals surface area contributed by atoms with Gasteiger partial charge in [0.15, 0.2) is 0 Å². The third-order valence-corrected chi connectivity index (χ3v) is 2.23. The summed E-state index contributed by atoms with van der Waals surface area (Å²) in [5.74, 6) is -0.0693. The smallest absolute Gasteiger partial charge is 0.395 e. The summed E-state index contributed by atoms with van der Waals surface area (Å²) in [4.78, 5) is 4.50. The molecule has 0 aromatic carbocycles. The summed E-state index contributed by atoms with van der Waals surface area (Å²) in [6.07, 6.45) is -4.35. The van der Waals surface area contributed by atoms with E-state index in [1.807, 2.05) is 0 Å². The Morgan fingerprint density at radius 1 is 1.47 bits per heavy atom. The van der Waals surface area contributed by atoms with Crippen molar-refractivity contribution in [2.24, 2.45) is 0 Å². The van der Waals surface area contributed by atoms with Crippen molar-refractivity contribution in [3.8, 4) is 0 Å². The first-order chi connectivity index (χ1) is 6.92. The van der Waals surface area contributed by atoms with Gasteiger partial charge >= 0.3 is 6.18 Å². The van der Waals surface area contributed by atoms with Gasteiger partial charge in [-0.05, 0) is 0 Å². The summed E-state index contributed by atoms with van der Waals surface area (Å²) in [5.41, 5.74) is 5.19. The topological polar surface area (TPSA) is 75.3 Å². The predicted molar refractivity (Wildman–Crippen MR) is 49.7 cm³/mol. The molecule has 0 saturated carbocycles. The van der Waals surface area contributed by atoms with E-state index >= 15 is 0 Å². The number of nitrogens with two attached hydrogens (primary N) is 1. The molecule has 3 N–H and O–H groups in total. The van der Waals surface area contributed by atoms with Crippen LogP contribution in [0, 0.1) is 0 Å². The normalized spacial score (nSPS) is 11.7.